The third kappa shape index (κ3) is 2.90. The van der Waals surface area contributed by atoms with E-state index in [0.29, 0.717) is 29.7 Å². The molecule has 2 aromatic heterocycles. The highest BCUT2D eigenvalue weighted by atomic mass is 32.2. The monoisotopic (exact) mass is 375 g/mol. The number of hydrogen-bond acceptors (Lipinski definition) is 6. The van der Waals surface area contributed by atoms with E-state index in [2.05, 4.69) is 10.1 Å². The van der Waals surface area contributed by atoms with Crippen LogP contribution < -0.4 is 0 Å². The molecule has 1 fully saturated rings. The first-order valence-electron chi connectivity index (χ1n) is 7.90. The Kier molecular flexibility index (Phi) is 3.98. The summed E-state index contributed by atoms with van der Waals surface area (Å²) in [6.45, 7) is 4.60. The van der Waals surface area contributed by atoms with Crippen molar-refractivity contribution in [2.24, 2.45) is 0 Å². The highest BCUT2D eigenvalue weighted by molar-refractivity contribution is 7.89. The molecule has 25 heavy (non-hydrogen) atoms. The van der Waals surface area contributed by atoms with Crippen LogP contribution in [0.15, 0.2) is 45.1 Å². The molecule has 1 aliphatic heterocycles. The van der Waals surface area contributed by atoms with E-state index in [1.54, 1.807) is 12.1 Å². The fourth-order valence-electron chi connectivity index (χ4n) is 2.72. The lowest BCUT2D eigenvalue weighted by molar-refractivity contribution is 0.217. The minimum atomic E-state index is -3.47. The van der Waals surface area contributed by atoms with Crippen molar-refractivity contribution < 1.29 is 12.9 Å². The molecule has 3 heterocycles. The summed E-state index contributed by atoms with van der Waals surface area (Å²) in [6.07, 6.45) is 0. The second kappa shape index (κ2) is 6.05. The van der Waals surface area contributed by atoms with E-state index < -0.39 is 10.0 Å². The topological polar surface area (TPSA) is 76.3 Å². The Morgan fingerprint density at radius 2 is 2.00 bits per heavy atom. The number of nitrogens with zero attached hydrogens (tertiary/aromatic N) is 3. The van der Waals surface area contributed by atoms with Gasteiger partial charge in [0.25, 0.3) is 0 Å². The third-order valence-corrected chi connectivity index (χ3v) is 7.19. The summed E-state index contributed by atoms with van der Waals surface area (Å²) in [5.74, 6) is 0.998. The van der Waals surface area contributed by atoms with Crippen LogP contribution in [0.4, 0.5) is 0 Å². The van der Waals surface area contributed by atoms with Gasteiger partial charge in [-0.3, -0.25) is 0 Å². The zero-order chi connectivity index (χ0) is 17.6. The van der Waals surface area contributed by atoms with E-state index in [1.807, 2.05) is 37.4 Å². The Hall–Kier alpha value is -2.03. The minimum absolute atomic E-state index is 0.0532. The van der Waals surface area contributed by atoms with E-state index in [9.17, 15) is 8.42 Å². The largest absolute Gasteiger partial charge is 0.339 e. The zero-order valence-corrected chi connectivity index (χ0v) is 15.5. The maximum Gasteiger partial charge on any atom is 0.243 e. The lowest BCUT2D eigenvalue weighted by Gasteiger charge is -2.35. The molecule has 1 aliphatic rings. The van der Waals surface area contributed by atoms with Gasteiger partial charge in [-0.1, -0.05) is 17.3 Å². The maximum atomic E-state index is 12.7. The summed E-state index contributed by atoms with van der Waals surface area (Å²) in [7, 11) is -3.47. The highest BCUT2D eigenvalue weighted by Gasteiger charge is 2.40. The van der Waals surface area contributed by atoms with Crippen molar-refractivity contribution in [3.63, 3.8) is 0 Å². The molecule has 0 spiro atoms. The molecule has 0 unspecified atom stereocenters. The molecule has 1 saturated heterocycles. The van der Waals surface area contributed by atoms with Crippen molar-refractivity contribution >= 4 is 21.4 Å². The van der Waals surface area contributed by atoms with E-state index in [-0.39, 0.29) is 5.92 Å². The van der Waals surface area contributed by atoms with Crippen LogP contribution in [-0.2, 0) is 10.0 Å². The van der Waals surface area contributed by atoms with Gasteiger partial charge in [0.2, 0.25) is 21.7 Å². The quantitative estimate of drug-likeness (QED) is 0.700. The third-order valence-electron chi connectivity index (χ3n) is 4.50. The van der Waals surface area contributed by atoms with Crippen LogP contribution in [0.25, 0.3) is 10.7 Å². The molecule has 130 valence electrons. The fourth-order valence-corrected chi connectivity index (χ4v) is 4.99. The van der Waals surface area contributed by atoms with Crippen LogP contribution >= 0.6 is 11.3 Å². The highest BCUT2D eigenvalue weighted by Crippen LogP contribution is 2.33. The molecule has 4 rings (SSSR count). The van der Waals surface area contributed by atoms with Gasteiger partial charge in [0.1, 0.15) is 0 Å². The van der Waals surface area contributed by atoms with Gasteiger partial charge in [0.05, 0.1) is 15.7 Å². The summed E-state index contributed by atoms with van der Waals surface area (Å²) in [6, 6.07) is 9.07. The molecule has 0 amide bonds. The van der Waals surface area contributed by atoms with Gasteiger partial charge >= 0.3 is 0 Å². The Morgan fingerprint density at radius 1 is 1.20 bits per heavy atom. The maximum absolute atomic E-state index is 12.7. The fraction of sp³-hybridized carbons (Fsp3) is 0.294. The first-order chi connectivity index (χ1) is 11.9. The van der Waals surface area contributed by atoms with Crippen LogP contribution in [-0.4, -0.2) is 36.0 Å². The second-order valence-electron chi connectivity index (χ2n) is 6.20. The van der Waals surface area contributed by atoms with Crippen LogP contribution in [0.5, 0.6) is 0 Å². The van der Waals surface area contributed by atoms with Crippen LogP contribution in [0.2, 0.25) is 0 Å². The lowest BCUT2D eigenvalue weighted by atomic mass is 10.0. The van der Waals surface area contributed by atoms with Gasteiger partial charge in [0.15, 0.2) is 0 Å². The van der Waals surface area contributed by atoms with Crippen LogP contribution in [0.1, 0.15) is 22.9 Å². The van der Waals surface area contributed by atoms with Crippen molar-refractivity contribution in [3.05, 3.63) is 52.7 Å². The van der Waals surface area contributed by atoms with Gasteiger partial charge in [-0.05, 0) is 48.6 Å². The molecule has 0 N–H and O–H groups in total. The van der Waals surface area contributed by atoms with Crippen molar-refractivity contribution in [1.82, 2.24) is 14.4 Å². The van der Waals surface area contributed by atoms with Crippen LogP contribution in [0.3, 0.4) is 0 Å². The second-order valence-corrected chi connectivity index (χ2v) is 9.08. The molecular formula is C17H17N3O3S2. The average molecular weight is 375 g/mol. The van der Waals surface area contributed by atoms with Crippen molar-refractivity contribution in [1.29, 1.82) is 0 Å². The predicted molar refractivity (Wildman–Crippen MR) is 95.0 cm³/mol. The summed E-state index contributed by atoms with van der Waals surface area (Å²) < 4.78 is 32.2. The molecule has 0 atom stereocenters. The molecule has 0 aliphatic carbocycles. The van der Waals surface area contributed by atoms with E-state index in [0.717, 1.165) is 16.0 Å². The number of aromatic nitrogens is 2. The minimum Gasteiger partial charge on any atom is -0.339 e. The van der Waals surface area contributed by atoms with E-state index in [1.165, 1.54) is 15.6 Å². The number of sulfonamides is 1. The number of rotatable bonds is 4. The molecule has 0 saturated carbocycles. The van der Waals surface area contributed by atoms with Gasteiger partial charge < -0.3 is 4.52 Å². The van der Waals surface area contributed by atoms with Crippen LogP contribution in [0, 0.1) is 13.8 Å². The molecule has 0 radical (unpaired) electrons. The first-order valence-corrected chi connectivity index (χ1v) is 10.2. The van der Waals surface area contributed by atoms with Crippen molar-refractivity contribution in [2.75, 3.05) is 13.1 Å². The van der Waals surface area contributed by atoms with E-state index >= 15 is 0 Å². The number of benzene rings is 1. The summed E-state index contributed by atoms with van der Waals surface area (Å²) in [5.41, 5.74) is 2.04. The van der Waals surface area contributed by atoms with Gasteiger partial charge in [-0.25, -0.2) is 8.42 Å². The Bertz CT molecular complexity index is 1000. The molecule has 8 heteroatoms. The Morgan fingerprint density at radius 3 is 2.68 bits per heavy atom. The Balaban J connectivity index is 1.49. The SMILES string of the molecule is Cc1ccc(S(=O)(=O)N2CC(c3nc(-c4cccs4)no3)C2)cc1C. The lowest BCUT2D eigenvalue weighted by Crippen LogP contribution is -2.48. The van der Waals surface area contributed by atoms with Crippen molar-refractivity contribution in [2.45, 2.75) is 24.7 Å². The molecule has 0 bridgehead atoms. The molecule has 1 aromatic carbocycles. The van der Waals surface area contributed by atoms with Gasteiger partial charge in [-0.15, -0.1) is 11.3 Å². The zero-order valence-electron chi connectivity index (χ0n) is 13.8. The number of hydrogen-bond donors (Lipinski definition) is 0. The van der Waals surface area contributed by atoms with Gasteiger partial charge in [0, 0.05) is 13.1 Å². The summed E-state index contributed by atoms with van der Waals surface area (Å²) in [4.78, 5) is 5.67. The normalized spacial score (nSPS) is 16.1. The molecule has 6 nitrogen and oxygen atoms in total. The molecule has 3 aromatic rings. The first kappa shape index (κ1) is 16.4. The standard InChI is InChI=1S/C17H17N3O3S2/c1-11-5-6-14(8-12(11)2)25(21,22)20-9-13(10-20)17-18-16(19-23-17)15-4-3-7-24-15/h3-8,13H,9-10H2,1-2H3. The number of aryl methyl sites for hydroxylation is 2. The number of thiophene rings is 1. The summed E-state index contributed by atoms with van der Waals surface area (Å²) in [5, 5.41) is 5.94. The summed E-state index contributed by atoms with van der Waals surface area (Å²) >= 11 is 1.54. The van der Waals surface area contributed by atoms with Gasteiger partial charge in [-0.2, -0.15) is 9.29 Å². The smallest absolute Gasteiger partial charge is 0.243 e. The predicted octanol–water partition coefficient (Wildman–Crippen LogP) is 3.20. The average Bonchev–Trinajstić information content (AvgIpc) is 3.19. The Labute approximate surface area is 150 Å². The van der Waals surface area contributed by atoms with Crippen molar-refractivity contribution in [3.8, 4) is 10.7 Å². The van der Waals surface area contributed by atoms with E-state index in [4.69, 9.17) is 4.52 Å². The molecular weight excluding hydrogens is 358 g/mol.